The third-order valence-electron chi connectivity index (χ3n) is 4.33. The molecule has 2 amide bonds. The molecule has 0 aliphatic heterocycles. The van der Waals surface area contributed by atoms with E-state index >= 15 is 0 Å². The minimum absolute atomic E-state index is 0.132. The van der Waals surface area contributed by atoms with Crippen molar-refractivity contribution in [2.75, 3.05) is 10.6 Å². The maximum atomic E-state index is 12.8. The second-order valence-electron chi connectivity index (χ2n) is 6.65. The van der Waals surface area contributed by atoms with Gasteiger partial charge in [-0.3, -0.25) is 19.9 Å². The van der Waals surface area contributed by atoms with Crippen LogP contribution in [0.25, 0.3) is 21.1 Å². The van der Waals surface area contributed by atoms with Crippen LogP contribution in [0, 0.1) is 13.8 Å². The average Bonchev–Trinajstić information content (AvgIpc) is 3.02. The third kappa shape index (κ3) is 3.57. The van der Waals surface area contributed by atoms with Gasteiger partial charge in [-0.05, 0) is 50.2 Å². The quantitative estimate of drug-likeness (QED) is 0.532. The molecule has 2 aromatic heterocycles. The van der Waals surface area contributed by atoms with Gasteiger partial charge in [-0.15, -0.1) is 0 Å². The highest BCUT2D eigenvalue weighted by molar-refractivity contribution is 7.22. The fraction of sp³-hybridized carbons (Fsp3) is 0.143. The number of hydrogen-bond acceptors (Lipinski definition) is 5. The molecular formula is C21H18N4O2S. The monoisotopic (exact) mass is 390 g/mol. The van der Waals surface area contributed by atoms with Gasteiger partial charge in [0.15, 0.2) is 5.13 Å². The van der Waals surface area contributed by atoms with E-state index < -0.39 is 0 Å². The molecule has 0 spiro atoms. The van der Waals surface area contributed by atoms with E-state index in [1.54, 1.807) is 6.07 Å². The second-order valence-corrected chi connectivity index (χ2v) is 7.68. The second kappa shape index (κ2) is 7.01. The number of anilines is 2. The Kier molecular flexibility index (Phi) is 4.52. The van der Waals surface area contributed by atoms with Crippen LogP contribution in [0.3, 0.4) is 0 Å². The van der Waals surface area contributed by atoms with Gasteiger partial charge in [-0.1, -0.05) is 23.0 Å². The van der Waals surface area contributed by atoms with Gasteiger partial charge in [-0.25, -0.2) is 4.98 Å². The number of thiazole rings is 1. The molecule has 0 saturated heterocycles. The van der Waals surface area contributed by atoms with Crippen molar-refractivity contribution in [1.29, 1.82) is 0 Å². The topological polar surface area (TPSA) is 84.0 Å². The van der Waals surface area contributed by atoms with Crippen molar-refractivity contribution in [1.82, 2.24) is 9.97 Å². The molecule has 0 aliphatic carbocycles. The van der Waals surface area contributed by atoms with Gasteiger partial charge in [-0.2, -0.15) is 0 Å². The van der Waals surface area contributed by atoms with Gasteiger partial charge in [0.25, 0.3) is 5.91 Å². The summed E-state index contributed by atoms with van der Waals surface area (Å²) in [5.41, 5.74) is 4.64. The van der Waals surface area contributed by atoms with E-state index in [0.717, 1.165) is 26.7 Å². The lowest BCUT2D eigenvalue weighted by atomic mass is 10.1. The number of pyridine rings is 1. The van der Waals surface area contributed by atoms with Crippen molar-refractivity contribution >= 4 is 55.1 Å². The number of nitrogens with one attached hydrogen (secondary N) is 2. The summed E-state index contributed by atoms with van der Waals surface area (Å²) < 4.78 is 0.880. The molecule has 4 aromatic rings. The van der Waals surface area contributed by atoms with Gasteiger partial charge < -0.3 is 5.32 Å². The van der Waals surface area contributed by atoms with Gasteiger partial charge in [0.2, 0.25) is 5.91 Å². The molecule has 0 aliphatic rings. The minimum Gasteiger partial charge on any atom is -0.326 e. The van der Waals surface area contributed by atoms with Gasteiger partial charge in [0, 0.05) is 18.0 Å². The molecule has 28 heavy (non-hydrogen) atoms. The predicted molar refractivity (Wildman–Crippen MR) is 113 cm³/mol. The number of carbonyl (C=O) groups is 2. The number of fused-ring (bicyclic) bond motifs is 2. The summed E-state index contributed by atoms with van der Waals surface area (Å²) in [6, 6.07) is 13.3. The number of hydrogen-bond donors (Lipinski definition) is 2. The molecule has 6 nitrogen and oxygen atoms in total. The van der Waals surface area contributed by atoms with Crippen molar-refractivity contribution < 1.29 is 9.59 Å². The zero-order valence-electron chi connectivity index (χ0n) is 15.7. The van der Waals surface area contributed by atoms with Gasteiger partial charge in [0.05, 0.1) is 27.0 Å². The molecule has 4 rings (SSSR count). The zero-order chi connectivity index (χ0) is 19.8. The van der Waals surface area contributed by atoms with Crippen LogP contribution in [0.1, 0.15) is 28.5 Å². The standard InChI is InChI=1S/C21H18N4O2S/c1-11-4-6-17-14(8-11)9-16(12(2)22-17)20(27)25-21-24-18-7-5-15(23-13(3)26)10-19(18)28-21/h4-10H,1-3H3,(H,23,26)(H,24,25,27). The first kappa shape index (κ1) is 18.1. The summed E-state index contributed by atoms with van der Waals surface area (Å²) in [7, 11) is 0. The number of amides is 2. The maximum Gasteiger partial charge on any atom is 0.259 e. The molecule has 0 atom stereocenters. The molecule has 0 fully saturated rings. The lowest BCUT2D eigenvalue weighted by Crippen LogP contribution is -2.14. The largest absolute Gasteiger partial charge is 0.326 e. The van der Waals surface area contributed by atoms with E-state index in [2.05, 4.69) is 20.6 Å². The first-order valence-corrected chi connectivity index (χ1v) is 9.58. The molecule has 0 unspecified atom stereocenters. The molecule has 2 heterocycles. The summed E-state index contributed by atoms with van der Waals surface area (Å²) in [6.07, 6.45) is 0. The molecule has 0 saturated carbocycles. The fourth-order valence-corrected chi connectivity index (χ4v) is 3.95. The van der Waals surface area contributed by atoms with Crippen LogP contribution < -0.4 is 10.6 Å². The maximum absolute atomic E-state index is 12.8. The highest BCUT2D eigenvalue weighted by Crippen LogP contribution is 2.29. The Morgan fingerprint density at radius 1 is 0.929 bits per heavy atom. The lowest BCUT2D eigenvalue weighted by Gasteiger charge is -2.07. The third-order valence-corrected chi connectivity index (χ3v) is 5.27. The first-order chi connectivity index (χ1) is 13.4. The molecule has 2 aromatic carbocycles. The summed E-state index contributed by atoms with van der Waals surface area (Å²) in [4.78, 5) is 33.0. The van der Waals surface area contributed by atoms with Gasteiger partial charge >= 0.3 is 0 Å². The number of rotatable bonds is 3. The molecular weight excluding hydrogens is 372 g/mol. The van der Waals surface area contributed by atoms with Crippen LogP contribution in [0.15, 0.2) is 42.5 Å². The van der Waals surface area contributed by atoms with Crippen LogP contribution >= 0.6 is 11.3 Å². The summed E-state index contributed by atoms with van der Waals surface area (Å²) in [5.74, 6) is -0.374. The Morgan fingerprint density at radius 2 is 1.71 bits per heavy atom. The van der Waals surface area contributed by atoms with E-state index in [1.807, 2.05) is 50.2 Å². The number of benzene rings is 2. The molecule has 140 valence electrons. The van der Waals surface area contributed by atoms with Crippen molar-refractivity contribution in [3.05, 3.63) is 59.3 Å². The zero-order valence-corrected chi connectivity index (χ0v) is 16.5. The van der Waals surface area contributed by atoms with E-state index in [4.69, 9.17) is 0 Å². The molecule has 0 bridgehead atoms. The van der Waals surface area contributed by atoms with Crippen molar-refractivity contribution in [3.63, 3.8) is 0 Å². The molecule has 7 heteroatoms. The van der Waals surface area contributed by atoms with Crippen LogP contribution in [0.5, 0.6) is 0 Å². The summed E-state index contributed by atoms with van der Waals surface area (Å²) in [6.45, 7) is 5.30. The lowest BCUT2D eigenvalue weighted by molar-refractivity contribution is -0.114. The normalized spacial score (nSPS) is 11.0. The van der Waals surface area contributed by atoms with Crippen molar-refractivity contribution in [2.45, 2.75) is 20.8 Å². The van der Waals surface area contributed by atoms with Crippen LogP contribution in [0.4, 0.5) is 10.8 Å². The van der Waals surface area contributed by atoms with Crippen molar-refractivity contribution in [3.8, 4) is 0 Å². The summed E-state index contributed by atoms with van der Waals surface area (Å²) in [5, 5.41) is 7.05. The Bertz CT molecular complexity index is 1250. The predicted octanol–water partition coefficient (Wildman–Crippen LogP) is 4.67. The minimum atomic E-state index is -0.241. The van der Waals surface area contributed by atoms with E-state index in [9.17, 15) is 9.59 Å². The van der Waals surface area contributed by atoms with E-state index in [-0.39, 0.29) is 11.8 Å². The van der Waals surface area contributed by atoms with Crippen LogP contribution in [0.2, 0.25) is 0 Å². The molecule has 2 N–H and O–H groups in total. The SMILES string of the molecule is CC(=O)Nc1ccc2nc(NC(=O)c3cc4cc(C)ccc4nc3C)sc2c1. The van der Waals surface area contributed by atoms with E-state index in [0.29, 0.717) is 22.1 Å². The number of carbonyl (C=O) groups excluding carboxylic acids is 2. The van der Waals surface area contributed by atoms with Crippen molar-refractivity contribution in [2.24, 2.45) is 0 Å². The number of nitrogens with zero attached hydrogens (tertiary/aromatic N) is 2. The summed E-state index contributed by atoms with van der Waals surface area (Å²) >= 11 is 1.36. The highest BCUT2D eigenvalue weighted by Gasteiger charge is 2.14. The Balaban J connectivity index is 1.63. The van der Waals surface area contributed by atoms with Crippen LogP contribution in [-0.2, 0) is 4.79 Å². The average molecular weight is 390 g/mol. The Labute approximate surface area is 165 Å². The smallest absolute Gasteiger partial charge is 0.259 e. The van der Waals surface area contributed by atoms with E-state index in [1.165, 1.54) is 18.3 Å². The Morgan fingerprint density at radius 3 is 2.50 bits per heavy atom. The Hall–Kier alpha value is -3.32. The number of aryl methyl sites for hydroxylation is 2. The van der Waals surface area contributed by atoms with Crippen LogP contribution in [-0.4, -0.2) is 21.8 Å². The molecule has 0 radical (unpaired) electrons. The highest BCUT2D eigenvalue weighted by atomic mass is 32.1. The fourth-order valence-electron chi connectivity index (χ4n) is 3.05. The van der Waals surface area contributed by atoms with Gasteiger partial charge in [0.1, 0.15) is 0 Å². The number of aromatic nitrogens is 2. The first-order valence-electron chi connectivity index (χ1n) is 8.76.